The van der Waals surface area contributed by atoms with Gasteiger partial charge >= 0.3 is 0 Å². The van der Waals surface area contributed by atoms with Gasteiger partial charge in [0.1, 0.15) is 11.4 Å². The van der Waals surface area contributed by atoms with E-state index < -0.39 is 0 Å². The summed E-state index contributed by atoms with van der Waals surface area (Å²) >= 11 is 6.72. The van der Waals surface area contributed by atoms with Gasteiger partial charge in [-0.25, -0.2) is 4.98 Å². The van der Waals surface area contributed by atoms with Crippen LogP contribution in [-0.4, -0.2) is 27.8 Å². The van der Waals surface area contributed by atoms with Crippen LogP contribution >= 0.6 is 11.6 Å². The molecule has 0 bridgehead atoms. The van der Waals surface area contributed by atoms with Gasteiger partial charge in [-0.3, -0.25) is 4.79 Å². The second kappa shape index (κ2) is 8.05. The SMILES string of the molecule is C=C1Nc2c(Cl)cc3cc(C(=O)N(C)Cc4nc5ccc(C)cc5[nH]4)oc3c2C2(CCCCC2)N1. The molecule has 6 rings (SSSR count). The minimum Gasteiger partial charge on any atom is -0.450 e. The minimum absolute atomic E-state index is 0.207. The number of aryl methyl sites for hydroxylation is 1. The second-order valence-electron chi connectivity index (χ2n) is 9.87. The number of H-pyrrole nitrogens is 1. The summed E-state index contributed by atoms with van der Waals surface area (Å²) in [6.45, 7) is 6.50. The standard InChI is InChI=1S/C27H28ClN5O2/c1-15-7-8-19-20(11-15)31-22(30-19)14-33(3)26(34)21-13-17-12-18(28)24-23(25(17)35-21)27(32-16(2)29-24)9-5-4-6-10-27/h7-8,11-13,29,32H,2,4-6,9-10,14H2,1,3H3,(H,30,31). The lowest BCUT2D eigenvalue weighted by molar-refractivity contribution is 0.0752. The van der Waals surface area contributed by atoms with Gasteiger partial charge in [0.25, 0.3) is 5.91 Å². The monoisotopic (exact) mass is 489 g/mol. The van der Waals surface area contributed by atoms with Crippen molar-refractivity contribution in [3.63, 3.8) is 0 Å². The number of carbonyl (C=O) groups excluding carboxylic acids is 1. The number of amides is 1. The zero-order valence-electron chi connectivity index (χ0n) is 19.9. The Balaban J connectivity index is 1.36. The number of aromatic nitrogens is 2. The Hall–Kier alpha value is -3.45. The van der Waals surface area contributed by atoms with E-state index in [1.54, 1.807) is 18.0 Å². The third-order valence-electron chi connectivity index (χ3n) is 7.24. The molecule has 2 aromatic heterocycles. The van der Waals surface area contributed by atoms with Crippen LogP contribution in [0, 0.1) is 6.92 Å². The number of fused-ring (bicyclic) bond motifs is 5. The molecule has 1 amide bonds. The van der Waals surface area contributed by atoms with E-state index in [2.05, 4.69) is 33.2 Å². The topological polar surface area (TPSA) is 86.2 Å². The quantitative estimate of drug-likeness (QED) is 0.319. The van der Waals surface area contributed by atoms with E-state index in [0.717, 1.165) is 70.6 Å². The molecule has 1 aliphatic carbocycles. The molecule has 0 atom stereocenters. The number of hydrogen-bond donors (Lipinski definition) is 3. The van der Waals surface area contributed by atoms with Gasteiger partial charge in [0.15, 0.2) is 5.76 Å². The molecule has 3 heterocycles. The number of aromatic amines is 1. The summed E-state index contributed by atoms with van der Waals surface area (Å²) in [5.74, 6) is 1.55. The van der Waals surface area contributed by atoms with Crippen molar-refractivity contribution in [3.8, 4) is 0 Å². The van der Waals surface area contributed by atoms with Crippen LogP contribution in [0.25, 0.3) is 22.0 Å². The number of rotatable bonds is 3. The Labute approximate surface area is 208 Å². The Morgan fingerprint density at radius 3 is 2.83 bits per heavy atom. The van der Waals surface area contributed by atoms with Gasteiger partial charge in [-0.2, -0.15) is 0 Å². The van der Waals surface area contributed by atoms with Crippen molar-refractivity contribution in [2.45, 2.75) is 51.1 Å². The summed E-state index contributed by atoms with van der Waals surface area (Å²) < 4.78 is 6.29. The molecule has 0 unspecified atom stereocenters. The number of anilines is 1. The van der Waals surface area contributed by atoms with E-state index in [-0.39, 0.29) is 17.2 Å². The second-order valence-corrected chi connectivity index (χ2v) is 10.3. The first-order valence-electron chi connectivity index (χ1n) is 12.0. The molecule has 1 fully saturated rings. The van der Waals surface area contributed by atoms with Crippen LogP contribution in [0.1, 0.15) is 59.6 Å². The Morgan fingerprint density at radius 1 is 1.23 bits per heavy atom. The zero-order valence-corrected chi connectivity index (χ0v) is 20.7. The highest BCUT2D eigenvalue weighted by Crippen LogP contribution is 2.49. The molecule has 1 saturated carbocycles. The van der Waals surface area contributed by atoms with E-state index in [1.807, 2.05) is 25.1 Å². The third kappa shape index (κ3) is 3.65. The maximum Gasteiger partial charge on any atom is 0.289 e. The van der Waals surface area contributed by atoms with E-state index in [0.29, 0.717) is 17.2 Å². The summed E-state index contributed by atoms with van der Waals surface area (Å²) in [5, 5.41) is 8.31. The molecule has 180 valence electrons. The third-order valence-corrected chi connectivity index (χ3v) is 7.54. The van der Waals surface area contributed by atoms with Gasteiger partial charge in [-0.05, 0) is 49.6 Å². The molecule has 4 aromatic rings. The van der Waals surface area contributed by atoms with Crippen molar-refractivity contribution in [1.82, 2.24) is 20.2 Å². The lowest BCUT2D eigenvalue weighted by atomic mass is 9.74. The molecule has 35 heavy (non-hydrogen) atoms. The summed E-state index contributed by atoms with van der Waals surface area (Å²) in [4.78, 5) is 22.9. The van der Waals surface area contributed by atoms with E-state index in [9.17, 15) is 4.79 Å². The van der Waals surface area contributed by atoms with Gasteiger partial charge < -0.3 is 24.9 Å². The van der Waals surface area contributed by atoms with E-state index >= 15 is 0 Å². The van der Waals surface area contributed by atoms with E-state index in [1.165, 1.54) is 6.42 Å². The van der Waals surface area contributed by atoms with Crippen LogP contribution in [0.4, 0.5) is 5.69 Å². The number of halogens is 1. The average Bonchev–Trinajstić information content (AvgIpc) is 3.42. The van der Waals surface area contributed by atoms with Crippen molar-refractivity contribution < 1.29 is 9.21 Å². The first-order chi connectivity index (χ1) is 16.8. The van der Waals surface area contributed by atoms with Crippen LogP contribution < -0.4 is 10.6 Å². The molecular weight excluding hydrogens is 462 g/mol. The highest BCUT2D eigenvalue weighted by atomic mass is 35.5. The number of imidazole rings is 1. The molecule has 2 aliphatic rings. The van der Waals surface area contributed by atoms with Crippen molar-refractivity contribution in [2.75, 3.05) is 12.4 Å². The first-order valence-corrected chi connectivity index (χ1v) is 12.4. The van der Waals surface area contributed by atoms with E-state index in [4.69, 9.17) is 16.0 Å². The average molecular weight is 490 g/mol. The predicted octanol–water partition coefficient (Wildman–Crippen LogP) is 6.19. The van der Waals surface area contributed by atoms with Crippen LogP contribution in [0.15, 0.2) is 47.1 Å². The Kier molecular flexibility index (Phi) is 5.07. The summed E-state index contributed by atoms with van der Waals surface area (Å²) in [6, 6.07) is 9.72. The Morgan fingerprint density at radius 2 is 2.03 bits per heavy atom. The summed E-state index contributed by atoms with van der Waals surface area (Å²) in [6.07, 6.45) is 5.35. The normalized spacial score (nSPS) is 16.8. The number of furan rings is 1. The molecule has 2 aromatic carbocycles. The first kappa shape index (κ1) is 22.0. The molecular formula is C27H28ClN5O2. The van der Waals surface area contributed by atoms with Crippen LogP contribution in [0.2, 0.25) is 5.02 Å². The maximum atomic E-state index is 13.4. The molecule has 0 saturated heterocycles. The maximum absolute atomic E-state index is 13.4. The fraction of sp³-hybridized carbons (Fsp3) is 0.333. The number of carbonyl (C=O) groups is 1. The Bertz CT molecular complexity index is 1490. The molecule has 8 heteroatoms. The number of nitrogens with zero attached hydrogens (tertiary/aromatic N) is 2. The lowest BCUT2D eigenvalue weighted by Crippen LogP contribution is -2.48. The number of hydrogen-bond acceptors (Lipinski definition) is 5. The molecule has 1 spiro atoms. The van der Waals surface area contributed by atoms with Gasteiger partial charge in [0.05, 0.1) is 39.6 Å². The lowest BCUT2D eigenvalue weighted by Gasteiger charge is -2.44. The van der Waals surface area contributed by atoms with Crippen LogP contribution in [0.3, 0.4) is 0 Å². The zero-order chi connectivity index (χ0) is 24.3. The minimum atomic E-state index is -0.296. The molecule has 0 radical (unpaired) electrons. The summed E-state index contributed by atoms with van der Waals surface area (Å²) in [7, 11) is 1.76. The van der Waals surface area contributed by atoms with Crippen molar-refractivity contribution in [3.05, 3.63) is 70.5 Å². The number of nitrogens with one attached hydrogen (secondary N) is 3. The smallest absolute Gasteiger partial charge is 0.289 e. The van der Waals surface area contributed by atoms with Gasteiger partial charge in [0, 0.05) is 18.0 Å². The van der Waals surface area contributed by atoms with Crippen molar-refractivity contribution in [2.24, 2.45) is 0 Å². The fourth-order valence-electron chi connectivity index (χ4n) is 5.63. The highest BCUT2D eigenvalue weighted by Gasteiger charge is 2.42. The van der Waals surface area contributed by atoms with Gasteiger partial charge in [-0.15, -0.1) is 0 Å². The highest BCUT2D eigenvalue weighted by molar-refractivity contribution is 6.34. The molecule has 3 N–H and O–H groups in total. The van der Waals surface area contributed by atoms with Crippen LogP contribution in [0.5, 0.6) is 0 Å². The summed E-state index contributed by atoms with van der Waals surface area (Å²) in [5.41, 5.74) is 5.24. The molecule has 1 aliphatic heterocycles. The predicted molar refractivity (Wildman–Crippen MR) is 139 cm³/mol. The molecule has 7 nitrogen and oxygen atoms in total. The van der Waals surface area contributed by atoms with Gasteiger partial charge in [-0.1, -0.05) is 43.5 Å². The van der Waals surface area contributed by atoms with Crippen molar-refractivity contribution in [1.29, 1.82) is 0 Å². The van der Waals surface area contributed by atoms with Crippen LogP contribution in [-0.2, 0) is 12.1 Å². The fourth-order valence-corrected chi connectivity index (χ4v) is 5.89. The van der Waals surface area contributed by atoms with Crippen molar-refractivity contribution >= 4 is 45.2 Å². The largest absolute Gasteiger partial charge is 0.450 e. The number of benzene rings is 2. The van der Waals surface area contributed by atoms with Gasteiger partial charge in [0.2, 0.25) is 0 Å².